The predicted octanol–water partition coefficient (Wildman–Crippen LogP) is 2.15. The first-order valence-electron chi connectivity index (χ1n) is 9.21. The number of hydrogen-bond donors (Lipinski definition) is 0. The molecule has 0 N–H and O–H groups in total. The van der Waals surface area contributed by atoms with Crippen LogP contribution in [0.3, 0.4) is 0 Å². The van der Waals surface area contributed by atoms with Crippen molar-refractivity contribution < 1.29 is 9.18 Å². The number of carbonyl (C=O) groups excluding carboxylic acids is 1. The molecule has 0 fully saturated rings. The van der Waals surface area contributed by atoms with Crippen LogP contribution in [-0.2, 0) is 31.1 Å². The van der Waals surface area contributed by atoms with E-state index in [4.69, 9.17) is 9.97 Å². The molecule has 1 aliphatic rings. The summed E-state index contributed by atoms with van der Waals surface area (Å²) in [6.07, 6.45) is 8.06. The molecule has 7 nitrogen and oxygen atoms in total. The van der Waals surface area contributed by atoms with E-state index >= 15 is 0 Å². The van der Waals surface area contributed by atoms with Crippen LogP contribution in [0.4, 0.5) is 10.2 Å². The van der Waals surface area contributed by atoms with Gasteiger partial charge < -0.3 is 9.47 Å². The average Bonchev–Trinajstić information content (AvgIpc) is 3.31. The summed E-state index contributed by atoms with van der Waals surface area (Å²) in [6.45, 7) is 0.211. The lowest BCUT2D eigenvalue weighted by atomic mass is 10.1. The standard InChI is InChI=1S/C20H21FN6O/c1-26-11-17(23-12-26)19-24-16-5-3-4-15(16)20(25-19)27(2)10-14(28)8-13-6-7-18(21)22-9-13/h6-7,9,11-12H,3-5,8,10H2,1-2H3. The number of nitrogens with zero attached hydrogens (tertiary/aromatic N) is 6. The lowest BCUT2D eigenvalue weighted by Crippen LogP contribution is -2.28. The van der Waals surface area contributed by atoms with E-state index in [-0.39, 0.29) is 18.7 Å². The number of ketones is 1. The second kappa shape index (κ2) is 7.46. The Hall–Kier alpha value is -3.16. The van der Waals surface area contributed by atoms with Gasteiger partial charge in [0.25, 0.3) is 0 Å². The highest BCUT2D eigenvalue weighted by molar-refractivity contribution is 5.85. The number of halogens is 1. The molecule has 0 bridgehead atoms. The second-order valence-electron chi connectivity index (χ2n) is 7.13. The molecule has 0 radical (unpaired) electrons. The van der Waals surface area contributed by atoms with Crippen molar-refractivity contribution >= 4 is 11.6 Å². The molecule has 0 amide bonds. The zero-order valence-electron chi connectivity index (χ0n) is 15.9. The summed E-state index contributed by atoms with van der Waals surface area (Å²) >= 11 is 0. The fourth-order valence-electron chi connectivity index (χ4n) is 3.51. The molecule has 0 aromatic carbocycles. The molecule has 0 unspecified atom stereocenters. The van der Waals surface area contributed by atoms with Gasteiger partial charge in [-0.05, 0) is 30.9 Å². The zero-order chi connectivity index (χ0) is 19.7. The van der Waals surface area contributed by atoms with Crippen LogP contribution in [-0.4, -0.2) is 43.9 Å². The maximum atomic E-state index is 12.9. The number of fused-ring (bicyclic) bond motifs is 1. The van der Waals surface area contributed by atoms with E-state index in [9.17, 15) is 9.18 Å². The van der Waals surface area contributed by atoms with Crippen LogP contribution < -0.4 is 4.90 Å². The molecular formula is C20H21FN6O. The van der Waals surface area contributed by atoms with Gasteiger partial charge in [-0.15, -0.1) is 0 Å². The topological polar surface area (TPSA) is 76.8 Å². The maximum Gasteiger partial charge on any atom is 0.212 e. The van der Waals surface area contributed by atoms with E-state index < -0.39 is 5.95 Å². The summed E-state index contributed by atoms with van der Waals surface area (Å²) in [5, 5.41) is 0. The molecule has 0 spiro atoms. The largest absolute Gasteiger partial charge is 0.352 e. The van der Waals surface area contributed by atoms with Gasteiger partial charge >= 0.3 is 0 Å². The number of rotatable bonds is 6. The Balaban J connectivity index is 1.56. The van der Waals surface area contributed by atoms with Crippen molar-refractivity contribution in [1.82, 2.24) is 24.5 Å². The minimum atomic E-state index is -0.549. The molecule has 0 aliphatic heterocycles. The van der Waals surface area contributed by atoms with Gasteiger partial charge in [-0.3, -0.25) is 4.79 Å². The molecule has 0 atom stereocenters. The number of aryl methyl sites for hydroxylation is 2. The lowest BCUT2D eigenvalue weighted by Gasteiger charge is -2.21. The fraction of sp³-hybridized carbons (Fsp3) is 0.350. The normalized spacial score (nSPS) is 12.8. The Bertz CT molecular complexity index is 1010. The van der Waals surface area contributed by atoms with Crippen molar-refractivity contribution in [2.24, 2.45) is 7.05 Å². The Morgan fingerprint density at radius 1 is 1.25 bits per heavy atom. The molecule has 3 aromatic heterocycles. The highest BCUT2D eigenvalue weighted by atomic mass is 19.1. The minimum absolute atomic E-state index is 0.0145. The van der Waals surface area contributed by atoms with Gasteiger partial charge in [-0.25, -0.2) is 19.9 Å². The predicted molar refractivity (Wildman–Crippen MR) is 102 cm³/mol. The molecule has 3 heterocycles. The van der Waals surface area contributed by atoms with Crippen molar-refractivity contribution in [3.8, 4) is 11.5 Å². The van der Waals surface area contributed by atoms with Crippen LogP contribution >= 0.6 is 0 Å². The molecule has 3 aromatic rings. The number of anilines is 1. The average molecular weight is 380 g/mol. The van der Waals surface area contributed by atoms with Crippen LogP contribution in [0.1, 0.15) is 23.2 Å². The summed E-state index contributed by atoms with van der Waals surface area (Å²) in [6, 6.07) is 2.85. The van der Waals surface area contributed by atoms with Gasteiger partial charge in [0.2, 0.25) is 5.95 Å². The van der Waals surface area contributed by atoms with Gasteiger partial charge in [0.15, 0.2) is 11.6 Å². The van der Waals surface area contributed by atoms with Gasteiger partial charge in [-0.1, -0.05) is 6.07 Å². The number of imidazole rings is 1. The molecule has 0 saturated heterocycles. The first kappa shape index (κ1) is 18.2. The Morgan fingerprint density at radius 3 is 2.82 bits per heavy atom. The van der Waals surface area contributed by atoms with E-state index in [1.54, 1.807) is 12.4 Å². The Labute approximate surface area is 162 Å². The zero-order valence-corrected chi connectivity index (χ0v) is 15.9. The molecule has 0 saturated carbocycles. The van der Waals surface area contributed by atoms with E-state index in [1.165, 1.54) is 12.3 Å². The Morgan fingerprint density at radius 2 is 2.11 bits per heavy atom. The first-order valence-corrected chi connectivity index (χ1v) is 9.21. The van der Waals surface area contributed by atoms with Crippen LogP contribution in [0.2, 0.25) is 0 Å². The van der Waals surface area contributed by atoms with Crippen LogP contribution in [0, 0.1) is 5.95 Å². The summed E-state index contributed by atoms with van der Waals surface area (Å²) in [4.78, 5) is 31.8. The molecule has 1 aliphatic carbocycles. The third-order valence-corrected chi connectivity index (χ3v) is 4.81. The molecule has 8 heteroatoms. The third kappa shape index (κ3) is 3.76. The summed E-state index contributed by atoms with van der Waals surface area (Å²) < 4.78 is 14.8. The van der Waals surface area contributed by atoms with Crippen LogP contribution in [0.25, 0.3) is 11.5 Å². The number of aromatic nitrogens is 5. The number of hydrogen-bond acceptors (Lipinski definition) is 6. The second-order valence-corrected chi connectivity index (χ2v) is 7.13. The summed E-state index contributed by atoms with van der Waals surface area (Å²) in [5.41, 5.74) is 3.56. The van der Waals surface area contributed by atoms with E-state index in [0.717, 1.165) is 42.0 Å². The Kier molecular flexibility index (Phi) is 4.85. The lowest BCUT2D eigenvalue weighted by molar-refractivity contribution is -0.117. The van der Waals surface area contributed by atoms with Crippen molar-refractivity contribution in [3.05, 3.63) is 53.6 Å². The van der Waals surface area contributed by atoms with Crippen molar-refractivity contribution in [3.63, 3.8) is 0 Å². The monoisotopic (exact) mass is 380 g/mol. The number of Topliss-reactive ketones (excluding diaryl/α,β-unsaturated/α-hetero) is 1. The molecule has 4 rings (SSSR count). The number of likely N-dealkylation sites (N-methyl/N-ethyl adjacent to an activating group) is 1. The first-order chi connectivity index (χ1) is 13.5. The van der Waals surface area contributed by atoms with Gasteiger partial charge in [0.1, 0.15) is 11.5 Å². The summed E-state index contributed by atoms with van der Waals surface area (Å²) in [5.74, 6) is 0.833. The molecule has 144 valence electrons. The fourth-order valence-corrected chi connectivity index (χ4v) is 3.51. The van der Waals surface area contributed by atoms with Crippen molar-refractivity contribution in [1.29, 1.82) is 0 Å². The SMILES string of the molecule is CN(CC(=O)Cc1ccc(F)nc1)c1nc(-c2cn(C)cn2)nc2c1CCC2. The molecular weight excluding hydrogens is 359 g/mol. The highest BCUT2D eigenvalue weighted by Crippen LogP contribution is 2.30. The van der Waals surface area contributed by atoms with E-state index in [1.807, 2.05) is 29.8 Å². The third-order valence-electron chi connectivity index (χ3n) is 4.81. The molecule has 28 heavy (non-hydrogen) atoms. The highest BCUT2D eigenvalue weighted by Gasteiger charge is 2.23. The van der Waals surface area contributed by atoms with Gasteiger partial charge in [0.05, 0.1) is 12.9 Å². The van der Waals surface area contributed by atoms with Gasteiger partial charge in [-0.2, -0.15) is 4.39 Å². The van der Waals surface area contributed by atoms with Gasteiger partial charge in [0, 0.05) is 44.2 Å². The van der Waals surface area contributed by atoms with Crippen LogP contribution in [0.5, 0.6) is 0 Å². The summed E-state index contributed by atoms with van der Waals surface area (Å²) in [7, 11) is 3.77. The van der Waals surface area contributed by atoms with Crippen molar-refractivity contribution in [2.75, 3.05) is 18.5 Å². The maximum absolute atomic E-state index is 12.9. The van der Waals surface area contributed by atoms with Crippen LogP contribution in [0.15, 0.2) is 30.9 Å². The number of carbonyl (C=O) groups is 1. The number of pyridine rings is 1. The van der Waals surface area contributed by atoms with E-state index in [2.05, 4.69) is 9.97 Å². The van der Waals surface area contributed by atoms with Crippen molar-refractivity contribution in [2.45, 2.75) is 25.7 Å². The van der Waals surface area contributed by atoms with E-state index in [0.29, 0.717) is 11.4 Å². The quantitative estimate of drug-likeness (QED) is 0.610. The minimum Gasteiger partial charge on any atom is -0.352 e. The smallest absolute Gasteiger partial charge is 0.212 e.